The summed E-state index contributed by atoms with van der Waals surface area (Å²) in [6.07, 6.45) is 2.40. The number of rotatable bonds is 10. The second-order valence-corrected chi connectivity index (χ2v) is 8.89. The van der Waals surface area contributed by atoms with Crippen molar-refractivity contribution in [2.45, 2.75) is 31.6 Å². The molecule has 0 fully saturated rings. The first-order chi connectivity index (χ1) is 17.7. The number of hydrogen-bond acceptors (Lipinski definition) is 6. The monoisotopic (exact) mass is 507 g/mol. The normalized spacial score (nSPS) is 18.1. The fraction of sp³-hybridized carbons (Fsp3) is 0.519. The van der Waals surface area contributed by atoms with Gasteiger partial charge in [-0.2, -0.15) is 0 Å². The van der Waals surface area contributed by atoms with Gasteiger partial charge in [0.15, 0.2) is 23.0 Å². The fourth-order valence-electron chi connectivity index (χ4n) is 4.96. The second kappa shape index (κ2) is 11.9. The van der Waals surface area contributed by atoms with Crippen molar-refractivity contribution >= 4 is 18.3 Å². The summed E-state index contributed by atoms with van der Waals surface area (Å²) >= 11 is 0. The fourth-order valence-corrected chi connectivity index (χ4v) is 4.96. The molecule has 1 aliphatic heterocycles. The van der Waals surface area contributed by atoms with Crippen molar-refractivity contribution in [3.63, 3.8) is 0 Å². The van der Waals surface area contributed by atoms with E-state index < -0.39 is 6.98 Å². The number of fused-ring (bicyclic) bond motifs is 2. The molecular weight excluding hydrogens is 468 g/mol. The molecule has 192 valence electrons. The Kier molecular flexibility index (Phi) is 7.73. The van der Waals surface area contributed by atoms with Gasteiger partial charge in [0.05, 0.1) is 34.9 Å². The highest BCUT2D eigenvalue weighted by Crippen LogP contribution is 2.42. The van der Waals surface area contributed by atoms with Crippen LogP contribution in [-0.4, -0.2) is 77.3 Å². The lowest BCUT2D eigenvalue weighted by molar-refractivity contribution is -0.130. The Hall–Kier alpha value is -2.64. The van der Waals surface area contributed by atoms with Gasteiger partial charge in [0.25, 0.3) is 0 Å². The molecule has 2 aromatic rings. The summed E-state index contributed by atoms with van der Waals surface area (Å²) in [7, 11) is 6.40. The summed E-state index contributed by atoms with van der Waals surface area (Å²) in [5, 5.41) is 0. The number of halogens is 1. The Bertz CT molecular complexity index is 1140. The third kappa shape index (κ3) is 5.78. The molecule has 1 amide bonds. The van der Waals surface area contributed by atoms with Gasteiger partial charge < -0.3 is 28.7 Å². The molecular formula is C27H37ClN2O5. The first kappa shape index (κ1) is 22.8. The maximum absolute atomic E-state index is 13.0. The zero-order valence-corrected chi connectivity index (χ0v) is 21.7. The van der Waals surface area contributed by atoms with Gasteiger partial charge in [-0.05, 0) is 79.3 Å². The Morgan fingerprint density at radius 3 is 2.17 bits per heavy atom. The third-order valence-electron chi connectivity index (χ3n) is 6.90. The standard InChI is InChI=1S/C27H36N2O5.ClH/c1-28(17-21-11-20-14-25(33-4)26(34-5)16-22(20)21)8-6-9-29-10-7-18-12-23(31-2)24(32-3)13-19(18)15-27(29)30;/h12-14,16,21H,6-11,15,17H2,1-5H3;1H/i1D3;. The molecule has 0 N–H and O–H groups in total. The lowest BCUT2D eigenvalue weighted by Gasteiger charge is -2.34. The van der Waals surface area contributed by atoms with Gasteiger partial charge in [0.2, 0.25) is 5.91 Å². The molecule has 7 nitrogen and oxygen atoms in total. The molecule has 1 unspecified atom stereocenters. The molecule has 1 heterocycles. The van der Waals surface area contributed by atoms with Crippen molar-refractivity contribution in [2.75, 3.05) is 61.6 Å². The van der Waals surface area contributed by atoms with Crippen molar-refractivity contribution in [3.05, 3.63) is 46.5 Å². The first-order valence-electron chi connectivity index (χ1n) is 13.2. The number of carbonyl (C=O) groups is 1. The predicted molar refractivity (Wildman–Crippen MR) is 139 cm³/mol. The van der Waals surface area contributed by atoms with Crippen LogP contribution in [0.1, 0.15) is 38.7 Å². The van der Waals surface area contributed by atoms with Gasteiger partial charge in [-0.15, -0.1) is 12.4 Å². The summed E-state index contributed by atoms with van der Waals surface area (Å²) < 4.78 is 45.9. The van der Waals surface area contributed by atoms with Crippen LogP contribution in [0, 0.1) is 0 Å². The maximum atomic E-state index is 13.0. The number of hydrogen-bond donors (Lipinski definition) is 0. The highest BCUT2D eigenvalue weighted by atomic mass is 35.5. The number of amides is 1. The van der Waals surface area contributed by atoms with Crippen molar-refractivity contribution in [2.24, 2.45) is 0 Å². The summed E-state index contributed by atoms with van der Waals surface area (Å²) in [6, 6.07) is 7.76. The molecule has 2 aromatic carbocycles. The van der Waals surface area contributed by atoms with Gasteiger partial charge in [0, 0.05) is 29.7 Å². The van der Waals surface area contributed by atoms with E-state index in [0.717, 1.165) is 28.7 Å². The summed E-state index contributed by atoms with van der Waals surface area (Å²) in [5.74, 6) is 2.78. The van der Waals surface area contributed by atoms with Crippen LogP contribution in [0.15, 0.2) is 24.3 Å². The SMILES string of the molecule is Cl.[2H]C([2H])([2H])N(CCCN1CCc2cc(OC)c(OC)cc2CC1=O)CC1Cc2cc(OC)c(OC)cc21. The number of methoxy groups -OCH3 is 4. The minimum Gasteiger partial charge on any atom is -0.493 e. The molecule has 35 heavy (non-hydrogen) atoms. The zero-order valence-electron chi connectivity index (χ0n) is 23.9. The van der Waals surface area contributed by atoms with E-state index in [1.807, 2.05) is 29.2 Å². The molecule has 1 aliphatic carbocycles. The Morgan fingerprint density at radius 2 is 1.54 bits per heavy atom. The van der Waals surface area contributed by atoms with Crippen LogP contribution in [0.4, 0.5) is 0 Å². The van der Waals surface area contributed by atoms with Crippen LogP contribution in [0.3, 0.4) is 0 Å². The third-order valence-corrected chi connectivity index (χ3v) is 6.90. The lowest BCUT2D eigenvalue weighted by atomic mass is 9.77. The smallest absolute Gasteiger partial charge is 0.227 e. The Balaban J connectivity index is 0.00000400. The average molecular weight is 508 g/mol. The predicted octanol–water partition coefficient (Wildman–Crippen LogP) is 3.73. The summed E-state index contributed by atoms with van der Waals surface area (Å²) in [4.78, 5) is 16.4. The van der Waals surface area contributed by atoms with Crippen LogP contribution in [0.5, 0.6) is 23.0 Å². The highest BCUT2D eigenvalue weighted by molar-refractivity contribution is 5.85. The van der Waals surface area contributed by atoms with Crippen LogP contribution in [0.25, 0.3) is 0 Å². The quantitative estimate of drug-likeness (QED) is 0.488. The largest absolute Gasteiger partial charge is 0.493 e. The van der Waals surface area contributed by atoms with Crippen molar-refractivity contribution in [1.82, 2.24) is 9.80 Å². The number of likely N-dealkylation sites (N-methyl/N-ethyl adjacent to an activating group) is 1. The minimum absolute atomic E-state index is 0. The Morgan fingerprint density at radius 1 is 0.943 bits per heavy atom. The number of ether oxygens (including phenoxy) is 4. The van der Waals surface area contributed by atoms with Gasteiger partial charge >= 0.3 is 0 Å². The van der Waals surface area contributed by atoms with E-state index >= 15 is 0 Å². The number of benzene rings is 2. The van der Waals surface area contributed by atoms with E-state index in [9.17, 15) is 4.79 Å². The molecule has 4 rings (SSSR count). The molecule has 0 aromatic heterocycles. The van der Waals surface area contributed by atoms with Crippen molar-refractivity contribution in [1.29, 1.82) is 0 Å². The molecule has 0 radical (unpaired) electrons. The highest BCUT2D eigenvalue weighted by Gasteiger charge is 2.29. The molecule has 2 aliphatic rings. The Labute approximate surface area is 218 Å². The van der Waals surface area contributed by atoms with Gasteiger partial charge in [0.1, 0.15) is 0 Å². The lowest BCUT2D eigenvalue weighted by Crippen LogP contribution is -2.36. The topological polar surface area (TPSA) is 60.5 Å². The maximum Gasteiger partial charge on any atom is 0.227 e. The van der Waals surface area contributed by atoms with Gasteiger partial charge in [-0.3, -0.25) is 4.79 Å². The average Bonchev–Trinajstić information content (AvgIpc) is 3.01. The van der Waals surface area contributed by atoms with Crippen molar-refractivity contribution < 1.29 is 27.9 Å². The number of carbonyl (C=O) groups excluding carboxylic acids is 1. The van der Waals surface area contributed by atoms with E-state index in [1.54, 1.807) is 33.3 Å². The molecule has 0 saturated carbocycles. The molecule has 0 saturated heterocycles. The second-order valence-electron chi connectivity index (χ2n) is 8.89. The van der Waals surface area contributed by atoms with Crippen molar-refractivity contribution in [3.8, 4) is 23.0 Å². The van der Waals surface area contributed by atoms with E-state index in [1.165, 1.54) is 0 Å². The molecule has 8 heteroatoms. The zero-order chi connectivity index (χ0) is 26.7. The van der Waals surface area contributed by atoms with E-state index in [-0.39, 0.29) is 24.2 Å². The summed E-state index contributed by atoms with van der Waals surface area (Å²) in [5.41, 5.74) is 4.30. The molecule has 0 bridgehead atoms. The van der Waals surface area contributed by atoms with Gasteiger partial charge in [-0.1, -0.05) is 0 Å². The van der Waals surface area contributed by atoms with Crippen LogP contribution >= 0.6 is 12.4 Å². The van der Waals surface area contributed by atoms with Crippen LogP contribution in [-0.2, 0) is 24.1 Å². The molecule has 0 spiro atoms. The van der Waals surface area contributed by atoms with E-state index in [4.69, 9.17) is 23.1 Å². The first-order valence-corrected chi connectivity index (χ1v) is 11.7. The van der Waals surface area contributed by atoms with Gasteiger partial charge in [-0.25, -0.2) is 0 Å². The van der Waals surface area contributed by atoms with E-state index in [2.05, 4.69) is 0 Å². The molecule has 1 atom stereocenters. The number of nitrogens with zero attached hydrogens (tertiary/aromatic N) is 2. The van der Waals surface area contributed by atoms with E-state index in [0.29, 0.717) is 68.4 Å². The minimum atomic E-state index is -2.21. The van der Waals surface area contributed by atoms with Crippen LogP contribution < -0.4 is 18.9 Å². The van der Waals surface area contributed by atoms with Crippen LogP contribution in [0.2, 0.25) is 0 Å². The summed E-state index contributed by atoms with van der Waals surface area (Å²) in [6.45, 7) is -0.295.